The first-order valence-electron chi connectivity index (χ1n) is 7.06. The predicted molar refractivity (Wildman–Crippen MR) is 93.2 cm³/mol. The SMILES string of the molecule is CCN1C(CSCC(F)(F)F)Nc2cc(Cl)c(S(N)(=O)=O)cc2S1(=O)=O. The summed E-state index contributed by atoms with van der Waals surface area (Å²) in [7, 11) is -8.41. The van der Waals surface area contributed by atoms with E-state index in [1.807, 2.05) is 0 Å². The molecule has 148 valence electrons. The molecule has 7 nitrogen and oxygen atoms in total. The molecule has 3 N–H and O–H groups in total. The highest BCUT2D eigenvalue weighted by atomic mass is 35.5. The van der Waals surface area contributed by atoms with Crippen molar-refractivity contribution >= 4 is 49.1 Å². The van der Waals surface area contributed by atoms with Crippen molar-refractivity contribution in [2.24, 2.45) is 5.14 Å². The fourth-order valence-electron chi connectivity index (χ4n) is 2.43. The van der Waals surface area contributed by atoms with Gasteiger partial charge >= 0.3 is 6.18 Å². The van der Waals surface area contributed by atoms with Gasteiger partial charge in [0.1, 0.15) is 16.0 Å². The molecule has 1 aromatic rings. The van der Waals surface area contributed by atoms with E-state index < -0.39 is 43.0 Å². The average Bonchev–Trinajstić information content (AvgIpc) is 2.43. The van der Waals surface area contributed by atoms with Crippen LogP contribution in [0.4, 0.5) is 18.9 Å². The molecule has 2 rings (SSSR count). The van der Waals surface area contributed by atoms with Crippen LogP contribution in [0.1, 0.15) is 6.92 Å². The van der Waals surface area contributed by atoms with Gasteiger partial charge in [0.25, 0.3) is 0 Å². The molecular weight excluding hydrogens is 439 g/mol. The predicted octanol–water partition coefficient (Wildman–Crippen LogP) is 2.05. The molecule has 1 aliphatic rings. The van der Waals surface area contributed by atoms with Crippen LogP contribution in [-0.4, -0.2) is 51.5 Å². The van der Waals surface area contributed by atoms with Gasteiger partial charge < -0.3 is 5.32 Å². The first-order valence-corrected chi connectivity index (χ1v) is 11.6. The Balaban J connectivity index is 2.44. The van der Waals surface area contributed by atoms with Gasteiger partial charge in [-0.1, -0.05) is 18.5 Å². The topological polar surface area (TPSA) is 110 Å². The molecule has 1 unspecified atom stereocenters. The molecule has 1 aromatic carbocycles. The van der Waals surface area contributed by atoms with Gasteiger partial charge in [0, 0.05) is 12.3 Å². The summed E-state index contributed by atoms with van der Waals surface area (Å²) in [5, 5.41) is 7.54. The van der Waals surface area contributed by atoms with Crippen molar-refractivity contribution in [3.63, 3.8) is 0 Å². The largest absolute Gasteiger partial charge is 0.397 e. The number of nitrogens with two attached hydrogens (primary N) is 1. The number of fused-ring (bicyclic) bond motifs is 1. The smallest absolute Gasteiger partial charge is 0.367 e. The summed E-state index contributed by atoms with van der Waals surface area (Å²) in [5.41, 5.74) is 0.00436. The second kappa shape index (κ2) is 7.36. The average molecular weight is 454 g/mol. The van der Waals surface area contributed by atoms with E-state index in [1.165, 1.54) is 6.92 Å². The van der Waals surface area contributed by atoms with Gasteiger partial charge in [0.15, 0.2) is 0 Å². The summed E-state index contributed by atoms with van der Waals surface area (Å²) in [6.45, 7) is 1.49. The van der Waals surface area contributed by atoms with Gasteiger partial charge in [0.05, 0.1) is 16.5 Å². The fourth-order valence-corrected chi connectivity index (χ4v) is 6.25. The van der Waals surface area contributed by atoms with Crippen molar-refractivity contribution in [1.82, 2.24) is 4.31 Å². The maximum atomic E-state index is 12.8. The number of nitrogens with one attached hydrogen (secondary N) is 1. The number of halogens is 4. The Bertz CT molecular complexity index is 906. The Morgan fingerprint density at radius 1 is 1.38 bits per heavy atom. The number of thioether (sulfide) groups is 1. The maximum absolute atomic E-state index is 12.8. The van der Waals surface area contributed by atoms with Crippen LogP contribution in [0.25, 0.3) is 0 Å². The molecule has 0 fully saturated rings. The van der Waals surface area contributed by atoms with Crippen molar-refractivity contribution in [1.29, 1.82) is 0 Å². The summed E-state index contributed by atoms with van der Waals surface area (Å²) in [6, 6.07) is 1.93. The zero-order valence-corrected chi connectivity index (χ0v) is 16.5. The second-order valence-corrected chi connectivity index (χ2v) is 10.1. The molecule has 0 amide bonds. The van der Waals surface area contributed by atoms with Crippen LogP contribution in [0.3, 0.4) is 0 Å². The number of alkyl halides is 3. The lowest BCUT2D eigenvalue weighted by Gasteiger charge is -2.36. The van der Waals surface area contributed by atoms with E-state index in [4.69, 9.17) is 16.7 Å². The van der Waals surface area contributed by atoms with Crippen LogP contribution >= 0.6 is 23.4 Å². The monoisotopic (exact) mass is 453 g/mol. The van der Waals surface area contributed by atoms with Gasteiger partial charge in [-0.25, -0.2) is 22.0 Å². The molecule has 0 saturated carbocycles. The van der Waals surface area contributed by atoms with Gasteiger partial charge in [-0.15, -0.1) is 11.8 Å². The van der Waals surface area contributed by atoms with E-state index >= 15 is 0 Å². The number of benzene rings is 1. The van der Waals surface area contributed by atoms with Crippen LogP contribution in [0.15, 0.2) is 21.9 Å². The van der Waals surface area contributed by atoms with Crippen molar-refractivity contribution < 1.29 is 30.0 Å². The zero-order chi connectivity index (χ0) is 19.9. The summed E-state index contributed by atoms with van der Waals surface area (Å²) in [6.07, 6.45) is -5.32. The number of rotatable bonds is 5. The van der Waals surface area contributed by atoms with Crippen LogP contribution in [-0.2, 0) is 20.0 Å². The standard InChI is InChI=1S/C12H15ClF3N3O4S3/c1-2-19-11(5-24-6-12(14,15)16)18-8-3-7(13)9(25(17,20)21)4-10(8)26(19,22)23/h3-4,11,18H,2,5-6H2,1H3,(H2,17,20,21). The lowest BCUT2D eigenvalue weighted by molar-refractivity contribution is -0.105. The van der Waals surface area contributed by atoms with Gasteiger partial charge in [-0.05, 0) is 12.1 Å². The van der Waals surface area contributed by atoms with E-state index in [0.717, 1.165) is 16.4 Å². The van der Waals surface area contributed by atoms with Crippen LogP contribution in [0, 0.1) is 0 Å². The summed E-state index contributed by atoms with van der Waals surface area (Å²) < 4.78 is 86.6. The molecule has 0 saturated heterocycles. The normalized spacial score (nSPS) is 20.5. The minimum absolute atomic E-state index is 0.00436. The van der Waals surface area contributed by atoms with Crippen molar-refractivity contribution in [3.8, 4) is 0 Å². The minimum atomic E-state index is -4.37. The number of hydrogen-bond donors (Lipinski definition) is 2. The highest BCUT2D eigenvalue weighted by molar-refractivity contribution is 7.99. The number of sulfonamides is 2. The Morgan fingerprint density at radius 3 is 2.50 bits per heavy atom. The summed E-state index contributed by atoms with van der Waals surface area (Å²) >= 11 is 6.39. The molecule has 0 aromatic heterocycles. The molecule has 0 bridgehead atoms. The number of anilines is 1. The Morgan fingerprint density at radius 2 is 2.00 bits per heavy atom. The molecule has 0 aliphatic carbocycles. The van der Waals surface area contributed by atoms with Crippen LogP contribution in [0.2, 0.25) is 5.02 Å². The second-order valence-electron chi connectivity index (χ2n) is 5.32. The number of nitrogens with zero attached hydrogens (tertiary/aromatic N) is 1. The van der Waals surface area contributed by atoms with Crippen LogP contribution < -0.4 is 10.5 Å². The number of hydrogen-bond acceptors (Lipinski definition) is 6. The lowest BCUT2D eigenvalue weighted by atomic mass is 10.3. The van der Waals surface area contributed by atoms with Gasteiger partial charge in [-0.2, -0.15) is 17.5 Å². The van der Waals surface area contributed by atoms with Gasteiger partial charge in [-0.3, -0.25) is 0 Å². The summed E-state index contributed by atoms with van der Waals surface area (Å²) in [5.74, 6) is -1.29. The highest BCUT2D eigenvalue weighted by Crippen LogP contribution is 2.37. The first kappa shape index (κ1) is 21.6. The van der Waals surface area contributed by atoms with Gasteiger partial charge in [0.2, 0.25) is 20.0 Å². The lowest BCUT2D eigenvalue weighted by Crippen LogP contribution is -2.50. The van der Waals surface area contributed by atoms with E-state index in [-0.39, 0.29) is 27.9 Å². The highest BCUT2D eigenvalue weighted by Gasteiger charge is 2.39. The van der Waals surface area contributed by atoms with Crippen molar-refractivity contribution in [3.05, 3.63) is 17.2 Å². The molecule has 14 heteroatoms. The Kier molecular flexibility index (Phi) is 6.10. The minimum Gasteiger partial charge on any atom is -0.367 e. The molecular formula is C12H15ClF3N3O4S3. The maximum Gasteiger partial charge on any atom is 0.397 e. The third-order valence-corrected chi connectivity index (χ3v) is 7.93. The third kappa shape index (κ3) is 4.57. The van der Waals surface area contributed by atoms with E-state index in [9.17, 15) is 30.0 Å². The fraction of sp³-hybridized carbons (Fsp3) is 0.500. The van der Waals surface area contributed by atoms with Crippen molar-refractivity contribution in [2.45, 2.75) is 29.1 Å². The summed E-state index contributed by atoms with van der Waals surface area (Å²) in [4.78, 5) is -0.908. The first-order chi connectivity index (χ1) is 11.8. The zero-order valence-electron chi connectivity index (χ0n) is 13.2. The molecule has 1 atom stereocenters. The molecule has 26 heavy (non-hydrogen) atoms. The van der Waals surface area contributed by atoms with E-state index in [0.29, 0.717) is 11.8 Å². The number of primary sulfonamides is 1. The van der Waals surface area contributed by atoms with Crippen molar-refractivity contribution in [2.75, 3.05) is 23.4 Å². The molecule has 0 spiro atoms. The quantitative estimate of drug-likeness (QED) is 0.706. The van der Waals surface area contributed by atoms with E-state index in [1.54, 1.807) is 0 Å². The van der Waals surface area contributed by atoms with E-state index in [2.05, 4.69) is 5.32 Å². The third-order valence-electron chi connectivity index (χ3n) is 3.45. The molecule has 0 radical (unpaired) electrons. The van der Waals surface area contributed by atoms with Crippen LogP contribution in [0.5, 0.6) is 0 Å². The molecule has 1 aliphatic heterocycles. The Hall–Kier alpha value is -0.730. The molecule has 1 heterocycles. The Labute approximate surface area is 158 Å².